The van der Waals surface area contributed by atoms with Crippen LogP contribution in [0.2, 0.25) is 0 Å². The highest BCUT2D eigenvalue weighted by Gasteiger charge is 2.43. The first kappa shape index (κ1) is 34.9. The maximum atomic E-state index is 15.1. The lowest BCUT2D eigenvalue weighted by atomic mass is 9.95. The second-order valence-corrected chi connectivity index (χ2v) is 13.3. The molecule has 0 N–H and O–H groups in total. The van der Waals surface area contributed by atoms with Gasteiger partial charge < -0.3 is 14.5 Å². The number of methoxy groups -OCH3 is 1. The van der Waals surface area contributed by atoms with E-state index in [0.29, 0.717) is 40.7 Å². The van der Waals surface area contributed by atoms with Crippen molar-refractivity contribution in [2.24, 2.45) is 5.92 Å². The van der Waals surface area contributed by atoms with E-state index in [-0.39, 0.29) is 24.9 Å². The van der Waals surface area contributed by atoms with Gasteiger partial charge >= 0.3 is 0 Å². The van der Waals surface area contributed by atoms with Crippen molar-refractivity contribution >= 4 is 40.5 Å². The molecule has 1 unspecified atom stereocenters. The molecule has 0 spiro atoms. The molecule has 1 atom stereocenters. The molecule has 5 aromatic carbocycles. The number of carbonyl (C=O) groups excluding carboxylic acids is 3. The van der Waals surface area contributed by atoms with Crippen LogP contribution in [0.1, 0.15) is 25.1 Å². The van der Waals surface area contributed by atoms with Gasteiger partial charge in [-0.3, -0.25) is 24.0 Å². The van der Waals surface area contributed by atoms with Gasteiger partial charge in [-0.2, -0.15) is 5.10 Å². The number of hydrogen-bond donors (Lipinski definition) is 0. The molecule has 2 heterocycles. The first-order chi connectivity index (χ1) is 25.8. The van der Waals surface area contributed by atoms with Gasteiger partial charge in [-0.25, -0.2) is 0 Å². The van der Waals surface area contributed by atoms with Crippen LogP contribution in [-0.4, -0.2) is 47.2 Å². The number of aromatic nitrogens is 2. The summed E-state index contributed by atoms with van der Waals surface area (Å²) in [6.45, 7) is 4.10. The molecule has 0 fully saturated rings. The molecule has 0 saturated heterocycles. The van der Waals surface area contributed by atoms with Crippen LogP contribution in [0.15, 0.2) is 146 Å². The number of hydrogen-bond acceptors (Lipinski definition) is 5. The molecular weight excluding hydrogens is 663 g/mol. The molecule has 0 radical (unpaired) electrons. The fraction of sp³-hybridized carbons (Fsp3) is 0.182. The number of ether oxygens (including phenoxy) is 1. The summed E-state index contributed by atoms with van der Waals surface area (Å²) in [5.74, 6) is -1.67. The number of fused-ring (bicyclic) bond motifs is 1. The van der Waals surface area contributed by atoms with Gasteiger partial charge in [0, 0.05) is 35.6 Å². The lowest BCUT2D eigenvalue weighted by molar-refractivity contribution is -0.132. The summed E-state index contributed by atoms with van der Waals surface area (Å²) < 4.78 is 7.20. The monoisotopic (exact) mass is 703 g/mol. The topological polar surface area (TPSA) is 88.0 Å². The van der Waals surface area contributed by atoms with Crippen LogP contribution in [0.5, 0.6) is 5.75 Å². The normalized spacial score (nSPS) is 14.2. The zero-order valence-electron chi connectivity index (χ0n) is 30.0. The first-order valence-corrected chi connectivity index (χ1v) is 17.7. The van der Waals surface area contributed by atoms with E-state index in [9.17, 15) is 9.59 Å². The maximum absolute atomic E-state index is 15.1. The summed E-state index contributed by atoms with van der Waals surface area (Å²) in [5, 5.41) is 5.00. The summed E-state index contributed by atoms with van der Waals surface area (Å²) in [4.78, 5) is 49.1. The minimum Gasteiger partial charge on any atom is -0.497 e. The Bertz CT molecular complexity index is 2200. The number of para-hydroxylation sites is 3. The maximum Gasteiger partial charge on any atom is 0.247 e. The third-order valence-electron chi connectivity index (χ3n) is 9.45. The van der Waals surface area contributed by atoms with Crippen molar-refractivity contribution in [3.8, 4) is 16.9 Å². The summed E-state index contributed by atoms with van der Waals surface area (Å²) in [6, 6.07) is 43.5. The summed E-state index contributed by atoms with van der Waals surface area (Å²) in [5.41, 5.74) is 5.75. The van der Waals surface area contributed by atoms with Gasteiger partial charge in [-0.15, -0.1) is 0 Å². The van der Waals surface area contributed by atoms with Crippen molar-refractivity contribution < 1.29 is 19.1 Å². The largest absolute Gasteiger partial charge is 0.497 e. The van der Waals surface area contributed by atoms with Crippen LogP contribution >= 0.6 is 0 Å². The fourth-order valence-electron chi connectivity index (χ4n) is 6.95. The second kappa shape index (κ2) is 15.4. The van der Waals surface area contributed by atoms with Gasteiger partial charge in [-0.1, -0.05) is 91.0 Å². The Kier molecular flexibility index (Phi) is 10.2. The molecule has 7 rings (SSSR count). The van der Waals surface area contributed by atoms with Crippen LogP contribution < -0.4 is 19.4 Å². The molecule has 9 nitrogen and oxygen atoms in total. The van der Waals surface area contributed by atoms with Gasteiger partial charge in [0.05, 0.1) is 30.7 Å². The van der Waals surface area contributed by atoms with Gasteiger partial charge in [0.1, 0.15) is 18.2 Å². The van der Waals surface area contributed by atoms with E-state index in [1.807, 2.05) is 146 Å². The number of benzene rings is 5. The highest BCUT2D eigenvalue weighted by atomic mass is 16.5. The molecule has 0 bridgehead atoms. The zero-order valence-corrected chi connectivity index (χ0v) is 30.0. The molecule has 9 heteroatoms. The molecule has 6 aromatic rings. The summed E-state index contributed by atoms with van der Waals surface area (Å²) in [7, 11) is 1.59. The van der Waals surface area contributed by atoms with E-state index in [1.165, 1.54) is 4.90 Å². The molecule has 53 heavy (non-hydrogen) atoms. The van der Waals surface area contributed by atoms with Gasteiger partial charge in [0.15, 0.2) is 0 Å². The highest BCUT2D eigenvalue weighted by Crippen LogP contribution is 2.40. The minimum absolute atomic E-state index is 0.0259. The fourth-order valence-corrected chi connectivity index (χ4v) is 6.95. The SMILES string of the molecule is COc1ccc(N(C(=O)CN2C(=O)C(Cc3nn(Cc4ccccc4)cc3-c3ccccc3)C(=O)N(c3ccccc3)c3ccccc32)C(C)C)cc1. The van der Waals surface area contributed by atoms with E-state index in [2.05, 4.69) is 0 Å². The van der Waals surface area contributed by atoms with Gasteiger partial charge in [-0.05, 0) is 73.5 Å². The van der Waals surface area contributed by atoms with Gasteiger partial charge in [0.2, 0.25) is 17.7 Å². The first-order valence-electron chi connectivity index (χ1n) is 17.7. The Morgan fingerprint density at radius 1 is 0.755 bits per heavy atom. The molecule has 1 aliphatic heterocycles. The lowest BCUT2D eigenvalue weighted by Gasteiger charge is -2.31. The van der Waals surface area contributed by atoms with E-state index in [4.69, 9.17) is 9.84 Å². The Hall–Kier alpha value is -6.48. The van der Waals surface area contributed by atoms with Crippen molar-refractivity contribution in [3.63, 3.8) is 0 Å². The molecule has 1 aromatic heterocycles. The average molecular weight is 704 g/mol. The highest BCUT2D eigenvalue weighted by molar-refractivity contribution is 6.21. The lowest BCUT2D eigenvalue weighted by Crippen LogP contribution is -2.48. The number of amides is 3. The van der Waals surface area contributed by atoms with E-state index >= 15 is 4.79 Å². The minimum atomic E-state index is -1.19. The third-order valence-corrected chi connectivity index (χ3v) is 9.45. The smallest absolute Gasteiger partial charge is 0.247 e. The zero-order chi connectivity index (χ0) is 36.9. The number of carbonyl (C=O) groups is 3. The Balaban J connectivity index is 1.32. The van der Waals surface area contributed by atoms with Gasteiger partial charge in [0.25, 0.3) is 0 Å². The molecule has 266 valence electrons. The molecule has 0 saturated carbocycles. The van der Waals surface area contributed by atoms with Crippen LogP contribution in [0.4, 0.5) is 22.7 Å². The predicted molar refractivity (Wildman–Crippen MR) is 208 cm³/mol. The summed E-state index contributed by atoms with van der Waals surface area (Å²) >= 11 is 0. The van der Waals surface area contributed by atoms with Crippen LogP contribution in [0.3, 0.4) is 0 Å². The van der Waals surface area contributed by atoms with Crippen LogP contribution in [0, 0.1) is 5.92 Å². The van der Waals surface area contributed by atoms with Crippen LogP contribution in [-0.2, 0) is 27.3 Å². The van der Waals surface area contributed by atoms with Crippen LogP contribution in [0.25, 0.3) is 11.1 Å². The number of anilines is 4. The molecular formula is C44H41N5O4. The Morgan fingerprint density at radius 3 is 2.00 bits per heavy atom. The second-order valence-electron chi connectivity index (χ2n) is 13.3. The van der Waals surface area contributed by atoms with Crippen molar-refractivity contribution in [3.05, 3.63) is 157 Å². The standard InChI is InChI=1S/C44H41N5O4/c1-31(2)48(35-23-25-36(53-3)26-24-35)42(50)30-47-40-21-13-14-22-41(40)49(34-19-11-6-12-20-34)44(52)37(43(47)51)27-39-38(33-17-9-5-10-18-33)29-46(45-39)28-32-15-7-4-8-16-32/h4-26,29,31,37H,27-28,30H2,1-3H3. The van der Waals surface area contributed by atoms with Crippen molar-refractivity contribution in [1.29, 1.82) is 0 Å². The number of nitrogens with zero attached hydrogens (tertiary/aromatic N) is 5. The Morgan fingerprint density at radius 2 is 1.36 bits per heavy atom. The van der Waals surface area contributed by atoms with Crippen molar-refractivity contribution in [2.75, 3.05) is 28.4 Å². The van der Waals surface area contributed by atoms with E-state index < -0.39 is 17.7 Å². The summed E-state index contributed by atoms with van der Waals surface area (Å²) in [6.07, 6.45) is 2.00. The molecule has 3 amide bonds. The van der Waals surface area contributed by atoms with Crippen molar-refractivity contribution in [1.82, 2.24) is 9.78 Å². The molecule has 0 aliphatic carbocycles. The van der Waals surface area contributed by atoms with E-state index in [0.717, 1.165) is 16.7 Å². The van der Waals surface area contributed by atoms with E-state index in [1.54, 1.807) is 35.1 Å². The average Bonchev–Trinajstić information content (AvgIpc) is 3.56. The molecule has 1 aliphatic rings. The quantitative estimate of drug-likeness (QED) is 0.128. The Labute approximate surface area is 309 Å². The number of rotatable bonds is 11. The van der Waals surface area contributed by atoms with Crippen molar-refractivity contribution in [2.45, 2.75) is 32.9 Å². The predicted octanol–water partition coefficient (Wildman–Crippen LogP) is 7.92. The third kappa shape index (κ3) is 7.32.